The topological polar surface area (TPSA) is 43.5 Å². The van der Waals surface area contributed by atoms with E-state index in [0.29, 0.717) is 11.3 Å². The molecule has 0 aliphatic heterocycles. The average molecular weight is 789 g/mol. The lowest BCUT2D eigenvalue weighted by Crippen LogP contribution is -2.11. The number of hydrogen-bond acceptors (Lipinski definition) is 3. The Labute approximate surface area is 355 Å². The Hall–Kier alpha value is -8.84. The average Bonchev–Trinajstić information content (AvgIpc) is 4.06. The van der Waals surface area contributed by atoms with Crippen molar-refractivity contribution < 1.29 is 0 Å². The molecule has 0 unspecified atom stereocenters. The predicted molar refractivity (Wildman–Crippen MR) is 256 cm³/mol. The number of fused-ring (bicyclic) bond motifs is 12. The van der Waals surface area contributed by atoms with E-state index in [1.807, 2.05) is 60.7 Å². The molecule has 6 heteroatoms. The molecule has 4 aromatic heterocycles. The first-order valence-corrected chi connectivity index (χ1v) is 20.7. The van der Waals surface area contributed by atoms with E-state index in [1.165, 1.54) is 21.5 Å². The summed E-state index contributed by atoms with van der Waals surface area (Å²) >= 11 is 0. The van der Waals surface area contributed by atoms with Gasteiger partial charge in [-0.3, -0.25) is 0 Å². The quantitative estimate of drug-likeness (QED) is 0.158. The zero-order chi connectivity index (χ0) is 41.1. The summed E-state index contributed by atoms with van der Waals surface area (Å²) in [6.07, 6.45) is 0. The zero-order valence-electron chi connectivity index (χ0n) is 33.2. The Morgan fingerprint density at radius 1 is 0.403 bits per heavy atom. The molecule has 0 spiro atoms. The van der Waals surface area contributed by atoms with Gasteiger partial charge in [0.05, 0.1) is 68.0 Å². The van der Waals surface area contributed by atoms with E-state index in [1.54, 1.807) is 0 Å². The molecule has 0 bridgehead atoms. The van der Waals surface area contributed by atoms with Gasteiger partial charge < -0.3 is 18.6 Å². The van der Waals surface area contributed by atoms with Crippen molar-refractivity contribution >= 4 is 116 Å². The van der Waals surface area contributed by atoms with Crippen LogP contribution in [-0.4, -0.2) is 8.80 Å². The standard InChI is InChI=1S/C56H32N6/c1-58-44-23-11-15-27-48(44)60(37-19-6-3-7-20-37)50-31-29-39-43-33-51-42(32-52(43)62-47-26-14-10-22-41(47)54(50)56(39)62)38-28-30-49(53-40-21-9-13-25-46(40)61(51)55(38)53)59(36-17-4-2-5-18-36)45-24-12-8-16-35(45)34-57/h2-33H. The molecule has 9 aromatic carbocycles. The van der Waals surface area contributed by atoms with E-state index in [0.717, 1.165) is 88.8 Å². The molecule has 0 aliphatic rings. The van der Waals surface area contributed by atoms with Gasteiger partial charge in [-0.25, -0.2) is 4.85 Å². The van der Waals surface area contributed by atoms with Crippen LogP contribution in [0.25, 0.3) is 81.0 Å². The van der Waals surface area contributed by atoms with Crippen molar-refractivity contribution in [2.45, 2.75) is 0 Å². The van der Waals surface area contributed by atoms with Gasteiger partial charge in [0.2, 0.25) is 5.69 Å². The van der Waals surface area contributed by atoms with Gasteiger partial charge in [-0.05, 0) is 78.9 Å². The highest BCUT2D eigenvalue weighted by Crippen LogP contribution is 2.52. The monoisotopic (exact) mass is 788 g/mol. The first-order valence-electron chi connectivity index (χ1n) is 20.7. The highest BCUT2D eigenvalue weighted by atomic mass is 15.2. The molecule has 13 rings (SSSR count). The fourth-order valence-electron chi connectivity index (χ4n) is 10.3. The molecule has 286 valence electrons. The molecule has 0 atom stereocenters. The Bertz CT molecular complexity index is 3750. The Morgan fingerprint density at radius 3 is 1.39 bits per heavy atom. The molecule has 0 saturated carbocycles. The van der Waals surface area contributed by atoms with Crippen LogP contribution in [0.3, 0.4) is 0 Å². The maximum absolute atomic E-state index is 10.4. The molecule has 0 amide bonds. The van der Waals surface area contributed by atoms with Gasteiger partial charge in [0.15, 0.2) is 0 Å². The highest BCUT2D eigenvalue weighted by molar-refractivity contribution is 6.32. The van der Waals surface area contributed by atoms with Crippen LogP contribution in [0.2, 0.25) is 0 Å². The van der Waals surface area contributed by atoms with Crippen molar-refractivity contribution in [2.75, 3.05) is 9.80 Å². The van der Waals surface area contributed by atoms with Gasteiger partial charge in [-0.1, -0.05) is 115 Å². The molecule has 4 heterocycles. The number of aromatic nitrogens is 2. The first-order chi connectivity index (χ1) is 30.7. The summed E-state index contributed by atoms with van der Waals surface area (Å²) in [5, 5.41) is 19.7. The van der Waals surface area contributed by atoms with Crippen molar-refractivity contribution in [3.05, 3.63) is 211 Å². The smallest absolute Gasteiger partial charge is 0.210 e. The summed E-state index contributed by atoms with van der Waals surface area (Å²) in [6.45, 7) is 8.13. The van der Waals surface area contributed by atoms with E-state index in [4.69, 9.17) is 6.57 Å². The number of rotatable bonds is 6. The number of benzene rings is 9. The maximum Gasteiger partial charge on any atom is 0.210 e. The molecule has 62 heavy (non-hydrogen) atoms. The van der Waals surface area contributed by atoms with Gasteiger partial charge in [-0.15, -0.1) is 0 Å². The van der Waals surface area contributed by atoms with Crippen LogP contribution in [0.1, 0.15) is 5.56 Å². The van der Waals surface area contributed by atoms with Crippen molar-refractivity contribution in [3.8, 4) is 6.07 Å². The van der Waals surface area contributed by atoms with Gasteiger partial charge >= 0.3 is 0 Å². The van der Waals surface area contributed by atoms with Crippen molar-refractivity contribution in [1.82, 2.24) is 8.80 Å². The largest absolute Gasteiger partial charge is 0.320 e. The lowest BCUT2D eigenvalue weighted by molar-refractivity contribution is 1.28. The Kier molecular flexibility index (Phi) is 7.05. The highest BCUT2D eigenvalue weighted by Gasteiger charge is 2.28. The molecular weight excluding hydrogens is 757 g/mol. The lowest BCUT2D eigenvalue weighted by atomic mass is 10.0. The summed E-state index contributed by atoms with van der Waals surface area (Å²) in [7, 11) is 0. The van der Waals surface area contributed by atoms with E-state index in [2.05, 4.69) is 163 Å². The molecular formula is C56H32N6. The second-order valence-corrected chi connectivity index (χ2v) is 15.9. The fourth-order valence-corrected chi connectivity index (χ4v) is 10.3. The van der Waals surface area contributed by atoms with E-state index >= 15 is 0 Å². The Morgan fingerprint density at radius 2 is 0.855 bits per heavy atom. The minimum atomic E-state index is 0.597. The zero-order valence-corrected chi connectivity index (χ0v) is 33.2. The van der Waals surface area contributed by atoms with Gasteiger partial charge in [0.25, 0.3) is 0 Å². The molecule has 0 saturated heterocycles. The summed E-state index contributed by atoms with van der Waals surface area (Å²) in [5.41, 5.74) is 13.8. The van der Waals surface area contributed by atoms with Gasteiger partial charge in [0, 0.05) is 54.5 Å². The third-order valence-electron chi connectivity index (χ3n) is 12.8. The van der Waals surface area contributed by atoms with Gasteiger partial charge in [0.1, 0.15) is 6.07 Å². The second kappa shape index (κ2) is 12.8. The molecule has 13 aromatic rings. The number of nitrogens with zero attached hydrogens (tertiary/aromatic N) is 6. The van der Waals surface area contributed by atoms with Gasteiger partial charge in [-0.2, -0.15) is 5.26 Å². The molecule has 0 radical (unpaired) electrons. The first kappa shape index (κ1) is 34.1. The SMILES string of the molecule is [C-]#[N+]c1ccccc1N(c1ccccc1)c1ccc2c3cc4c(cc3n3c5ccccc5c1c23)c1ccc(N(c2ccccc2)c2ccccc2C#N)c2c3ccccc3n4c12. The maximum atomic E-state index is 10.4. The third kappa shape index (κ3) is 4.50. The lowest BCUT2D eigenvalue weighted by Gasteiger charge is -2.27. The minimum absolute atomic E-state index is 0.597. The molecule has 0 aliphatic carbocycles. The predicted octanol–water partition coefficient (Wildman–Crippen LogP) is 15.3. The summed E-state index contributed by atoms with van der Waals surface area (Å²) in [4.78, 5) is 8.46. The number of anilines is 6. The number of nitriles is 1. The van der Waals surface area contributed by atoms with Crippen LogP contribution in [0.4, 0.5) is 39.8 Å². The summed E-state index contributed by atoms with van der Waals surface area (Å²) in [6, 6.07) is 70.2. The molecule has 6 nitrogen and oxygen atoms in total. The van der Waals surface area contributed by atoms with Crippen LogP contribution < -0.4 is 9.80 Å². The number of para-hydroxylation sites is 7. The normalized spacial score (nSPS) is 11.8. The third-order valence-corrected chi connectivity index (χ3v) is 12.8. The van der Waals surface area contributed by atoms with E-state index < -0.39 is 0 Å². The number of hydrogen-bond donors (Lipinski definition) is 0. The van der Waals surface area contributed by atoms with Crippen LogP contribution in [0, 0.1) is 17.9 Å². The van der Waals surface area contributed by atoms with E-state index in [-0.39, 0.29) is 0 Å². The summed E-state index contributed by atoms with van der Waals surface area (Å²) < 4.78 is 4.91. The fraction of sp³-hybridized carbons (Fsp3) is 0. The Balaban J connectivity index is 1.14. The van der Waals surface area contributed by atoms with Crippen LogP contribution in [0.5, 0.6) is 0 Å². The molecule has 0 N–H and O–H groups in total. The molecule has 0 fully saturated rings. The van der Waals surface area contributed by atoms with Crippen molar-refractivity contribution in [1.29, 1.82) is 5.26 Å². The van der Waals surface area contributed by atoms with Crippen LogP contribution in [-0.2, 0) is 0 Å². The summed E-state index contributed by atoms with van der Waals surface area (Å²) in [5.74, 6) is 0. The van der Waals surface area contributed by atoms with E-state index in [9.17, 15) is 5.26 Å². The minimum Gasteiger partial charge on any atom is -0.320 e. The van der Waals surface area contributed by atoms with Crippen molar-refractivity contribution in [3.63, 3.8) is 0 Å². The second-order valence-electron chi connectivity index (χ2n) is 15.9. The van der Waals surface area contributed by atoms with Crippen LogP contribution >= 0.6 is 0 Å². The van der Waals surface area contributed by atoms with Crippen LogP contribution in [0.15, 0.2) is 194 Å². The van der Waals surface area contributed by atoms with Crippen molar-refractivity contribution in [2.24, 2.45) is 0 Å².